The van der Waals surface area contributed by atoms with Crippen LogP contribution in [0.1, 0.15) is 41.0 Å². The molecule has 3 heteroatoms. The van der Waals surface area contributed by atoms with Crippen molar-refractivity contribution in [3.05, 3.63) is 12.3 Å². The van der Waals surface area contributed by atoms with Gasteiger partial charge in [-0.25, -0.2) is 0 Å². The van der Waals surface area contributed by atoms with Crippen molar-refractivity contribution in [3.63, 3.8) is 0 Å². The molecule has 0 radical (unpaired) electrons. The van der Waals surface area contributed by atoms with Crippen LogP contribution in [0.5, 0.6) is 5.88 Å². The average Bonchev–Trinajstić information content (AvgIpc) is 2.51. The summed E-state index contributed by atoms with van der Waals surface area (Å²) in [6.07, 6.45) is 3.19. The highest BCUT2D eigenvalue weighted by molar-refractivity contribution is 5.07. The van der Waals surface area contributed by atoms with E-state index in [1.165, 1.54) is 0 Å². The molecule has 0 saturated heterocycles. The molecule has 1 rings (SSSR count). The topological polar surface area (TPSA) is 27.1 Å². The van der Waals surface area contributed by atoms with Crippen molar-refractivity contribution in [2.45, 2.75) is 52.7 Å². The molecule has 1 aromatic heterocycles. The van der Waals surface area contributed by atoms with Gasteiger partial charge >= 0.3 is 0 Å². The van der Waals surface area contributed by atoms with E-state index in [1.807, 2.05) is 16.9 Å². The SMILES string of the molecule is CC[C@H](C)Oc1ccn(C(C)(C)C)n1. The first-order valence-corrected chi connectivity index (χ1v) is 5.16. The predicted octanol–water partition coefficient (Wildman–Crippen LogP) is 2.82. The van der Waals surface area contributed by atoms with Crippen LogP contribution in [-0.4, -0.2) is 15.9 Å². The van der Waals surface area contributed by atoms with Crippen molar-refractivity contribution >= 4 is 0 Å². The monoisotopic (exact) mass is 196 g/mol. The maximum Gasteiger partial charge on any atom is 0.232 e. The van der Waals surface area contributed by atoms with Crippen LogP contribution >= 0.6 is 0 Å². The van der Waals surface area contributed by atoms with Gasteiger partial charge < -0.3 is 4.74 Å². The van der Waals surface area contributed by atoms with E-state index in [-0.39, 0.29) is 11.6 Å². The zero-order valence-corrected chi connectivity index (χ0v) is 9.74. The molecule has 0 amide bonds. The standard InChI is InChI=1S/C11H20N2O/c1-6-9(2)14-10-7-8-13(12-10)11(3,4)5/h7-9H,6H2,1-5H3/t9-/m0/s1. The van der Waals surface area contributed by atoms with Gasteiger partial charge in [0.15, 0.2) is 0 Å². The Bertz CT molecular complexity index is 286. The summed E-state index contributed by atoms with van der Waals surface area (Å²) in [7, 11) is 0. The van der Waals surface area contributed by atoms with Crippen LogP contribution in [0.4, 0.5) is 0 Å². The minimum Gasteiger partial charge on any atom is -0.474 e. The smallest absolute Gasteiger partial charge is 0.232 e. The fraction of sp³-hybridized carbons (Fsp3) is 0.727. The number of hydrogen-bond acceptors (Lipinski definition) is 2. The van der Waals surface area contributed by atoms with Crippen molar-refractivity contribution in [3.8, 4) is 5.88 Å². The van der Waals surface area contributed by atoms with E-state index in [2.05, 4.69) is 39.7 Å². The van der Waals surface area contributed by atoms with Gasteiger partial charge in [-0.1, -0.05) is 6.92 Å². The van der Waals surface area contributed by atoms with E-state index in [9.17, 15) is 0 Å². The second kappa shape index (κ2) is 4.03. The molecule has 80 valence electrons. The fourth-order valence-electron chi connectivity index (χ4n) is 1.03. The van der Waals surface area contributed by atoms with E-state index in [0.717, 1.165) is 6.42 Å². The van der Waals surface area contributed by atoms with E-state index in [1.54, 1.807) is 0 Å². The zero-order valence-electron chi connectivity index (χ0n) is 9.74. The van der Waals surface area contributed by atoms with Crippen LogP contribution in [0.2, 0.25) is 0 Å². The molecule has 1 atom stereocenters. The maximum absolute atomic E-state index is 5.61. The van der Waals surface area contributed by atoms with E-state index in [4.69, 9.17) is 4.74 Å². The second-order valence-corrected chi connectivity index (χ2v) is 4.61. The number of hydrogen-bond donors (Lipinski definition) is 0. The Balaban J connectivity index is 2.69. The Morgan fingerprint density at radius 1 is 1.50 bits per heavy atom. The van der Waals surface area contributed by atoms with E-state index >= 15 is 0 Å². The van der Waals surface area contributed by atoms with Gasteiger partial charge in [-0.3, -0.25) is 4.68 Å². The molecule has 0 aliphatic heterocycles. The van der Waals surface area contributed by atoms with Crippen molar-refractivity contribution in [2.75, 3.05) is 0 Å². The summed E-state index contributed by atoms with van der Waals surface area (Å²) < 4.78 is 7.53. The quantitative estimate of drug-likeness (QED) is 0.743. The second-order valence-electron chi connectivity index (χ2n) is 4.61. The predicted molar refractivity (Wildman–Crippen MR) is 57.6 cm³/mol. The maximum atomic E-state index is 5.61. The van der Waals surface area contributed by atoms with Crippen molar-refractivity contribution in [2.24, 2.45) is 0 Å². The molecule has 0 saturated carbocycles. The Kier molecular flexibility index (Phi) is 3.19. The molecule has 0 aliphatic carbocycles. The first-order valence-electron chi connectivity index (χ1n) is 5.16. The Morgan fingerprint density at radius 3 is 2.57 bits per heavy atom. The Labute approximate surface area is 86.1 Å². The van der Waals surface area contributed by atoms with Gasteiger partial charge in [-0.05, 0) is 34.1 Å². The third kappa shape index (κ3) is 2.76. The average molecular weight is 196 g/mol. The van der Waals surface area contributed by atoms with Gasteiger partial charge in [0.25, 0.3) is 0 Å². The highest BCUT2D eigenvalue weighted by Gasteiger charge is 2.14. The van der Waals surface area contributed by atoms with Crippen LogP contribution in [0, 0.1) is 0 Å². The third-order valence-electron chi connectivity index (χ3n) is 2.15. The summed E-state index contributed by atoms with van der Waals surface area (Å²) in [6.45, 7) is 10.5. The van der Waals surface area contributed by atoms with E-state index in [0.29, 0.717) is 5.88 Å². The largest absolute Gasteiger partial charge is 0.474 e. The van der Waals surface area contributed by atoms with Gasteiger partial charge in [0, 0.05) is 12.3 Å². The molecule has 0 N–H and O–H groups in total. The lowest BCUT2D eigenvalue weighted by atomic mass is 10.1. The fourth-order valence-corrected chi connectivity index (χ4v) is 1.03. The van der Waals surface area contributed by atoms with Gasteiger partial charge in [0.05, 0.1) is 11.6 Å². The molecule has 0 unspecified atom stereocenters. The van der Waals surface area contributed by atoms with Gasteiger partial charge in [-0.15, -0.1) is 5.10 Å². The minimum atomic E-state index is 0.0249. The molecule has 1 aromatic rings. The van der Waals surface area contributed by atoms with Crippen LogP contribution in [0.25, 0.3) is 0 Å². The van der Waals surface area contributed by atoms with Crippen molar-refractivity contribution in [1.29, 1.82) is 0 Å². The summed E-state index contributed by atoms with van der Waals surface area (Å²) in [4.78, 5) is 0. The van der Waals surface area contributed by atoms with Crippen LogP contribution in [0.15, 0.2) is 12.3 Å². The Hall–Kier alpha value is -0.990. The van der Waals surface area contributed by atoms with Crippen LogP contribution in [-0.2, 0) is 5.54 Å². The molecule has 1 heterocycles. The lowest BCUT2D eigenvalue weighted by molar-refractivity contribution is 0.202. The number of nitrogens with zero attached hydrogens (tertiary/aromatic N) is 2. The highest BCUT2D eigenvalue weighted by Crippen LogP contribution is 2.17. The number of rotatable bonds is 3. The first-order chi connectivity index (χ1) is 6.43. The minimum absolute atomic E-state index is 0.0249. The highest BCUT2D eigenvalue weighted by atomic mass is 16.5. The van der Waals surface area contributed by atoms with Gasteiger partial charge in [0.2, 0.25) is 5.88 Å². The summed E-state index contributed by atoms with van der Waals surface area (Å²) in [5, 5.41) is 4.36. The van der Waals surface area contributed by atoms with Crippen molar-refractivity contribution < 1.29 is 4.74 Å². The Morgan fingerprint density at radius 2 is 2.14 bits per heavy atom. The van der Waals surface area contributed by atoms with Crippen molar-refractivity contribution in [1.82, 2.24) is 9.78 Å². The molecule has 0 aromatic carbocycles. The molecule has 14 heavy (non-hydrogen) atoms. The van der Waals surface area contributed by atoms with Crippen LogP contribution < -0.4 is 4.74 Å². The molecular weight excluding hydrogens is 176 g/mol. The third-order valence-corrected chi connectivity index (χ3v) is 2.15. The van der Waals surface area contributed by atoms with Gasteiger partial charge in [-0.2, -0.15) is 0 Å². The number of aromatic nitrogens is 2. The molecule has 0 spiro atoms. The normalized spacial score (nSPS) is 14.1. The molecular formula is C11H20N2O. The summed E-state index contributed by atoms with van der Waals surface area (Å²) >= 11 is 0. The molecule has 0 aliphatic rings. The summed E-state index contributed by atoms with van der Waals surface area (Å²) in [5.74, 6) is 0.717. The molecule has 3 nitrogen and oxygen atoms in total. The lowest BCUT2D eigenvalue weighted by Gasteiger charge is -2.18. The summed E-state index contributed by atoms with van der Waals surface area (Å²) in [6, 6.07) is 1.91. The molecule has 0 bridgehead atoms. The summed E-state index contributed by atoms with van der Waals surface area (Å²) in [5.41, 5.74) is 0.0249. The lowest BCUT2D eigenvalue weighted by Crippen LogP contribution is -2.22. The van der Waals surface area contributed by atoms with E-state index < -0.39 is 0 Å². The van der Waals surface area contributed by atoms with Gasteiger partial charge in [0.1, 0.15) is 0 Å². The zero-order chi connectivity index (χ0) is 10.8. The first kappa shape index (κ1) is 11.1. The molecule has 0 fully saturated rings. The van der Waals surface area contributed by atoms with Crippen LogP contribution in [0.3, 0.4) is 0 Å². The number of ether oxygens (including phenoxy) is 1.